The third-order valence-electron chi connectivity index (χ3n) is 4.25. The molecule has 1 atom stereocenters. The zero-order valence-corrected chi connectivity index (χ0v) is 18.6. The van der Waals surface area contributed by atoms with E-state index in [0.717, 1.165) is 5.56 Å². The molecule has 12 heteroatoms. The van der Waals surface area contributed by atoms with E-state index in [-0.39, 0.29) is 41.1 Å². The molecule has 2 rings (SSSR count). The molecule has 0 aliphatic heterocycles. The predicted molar refractivity (Wildman–Crippen MR) is 123 cm³/mol. The Morgan fingerprint density at radius 3 is 2.59 bits per heavy atom. The van der Waals surface area contributed by atoms with Crippen molar-refractivity contribution >= 4 is 41.2 Å². The van der Waals surface area contributed by atoms with Crippen LogP contribution in [0.25, 0.3) is 0 Å². The van der Waals surface area contributed by atoms with Crippen molar-refractivity contribution < 1.29 is 14.3 Å². The summed E-state index contributed by atoms with van der Waals surface area (Å²) in [5.74, 6) is -0.598. The van der Waals surface area contributed by atoms with Crippen molar-refractivity contribution in [2.24, 2.45) is 4.99 Å². The monoisotopic (exact) mass is 462 g/mol. The topological polar surface area (TPSA) is 170 Å². The molecule has 1 heterocycles. The summed E-state index contributed by atoms with van der Waals surface area (Å²) in [6.07, 6.45) is 0.910. The van der Waals surface area contributed by atoms with Gasteiger partial charge >= 0.3 is 6.09 Å². The Bertz CT molecular complexity index is 955. The first kappa shape index (κ1) is 24.7. The quantitative estimate of drug-likeness (QED) is 0.224. The van der Waals surface area contributed by atoms with Crippen LogP contribution in [-0.4, -0.2) is 47.6 Å². The summed E-state index contributed by atoms with van der Waals surface area (Å²) in [6, 6.07) is 9.39. The minimum Gasteiger partial charge on any atom is -0.445 e. The van der Waals surface area contributed by atoms with Crippen LogP contribution in [-0.2, 0) is 11.3 Å². The molecule has 0 aliphatic carbocycles. The lowest BCUT2D eigenvalue weighted by Gasteiger charge is -2.17. The molecule has 0 fully saturated rings. The van der Waals surface area contributed by atoms with Crippen molar-refractivity contribution in [3.05, 3.63) is 46.7 Å². The molecule has 0 saturated carbocycles. The molecule has 0 saturated heterocycles. The maximum Gasteiger partial charge on any atom is 0.407 e. The highest BCUT2D eigenvalue weighted by Crippen LogP contribution is 2.17. The molecule has 0 aliphatic rings. The van der Waals surface area contributed by atoms with E-state index in [2.05, 4.69) is 30.9 Å². The molecule has 0 radical (unpaired) electrons. The first-order valence-electron chi connectivity index (χ1n) is 9.87. The number of ether oxygens (including phenoxy) is 1. The first-order chi connectivity index (χ1) is 15.3. The van der Waals surface area contributed by atoms with Gasteiger partial charge in [-0.2, -0.15) is 0 Å². The van der Waals surface area contributed by atoms with E-state index < -0.39 is 12.0 Å². The van der Waals surface area contributed by atoms with Gasteiger partial charge in [-0.05, 0) is 25.3 Å². The standard InChI is InChI=1S/C20H27ClN8O3/c1-12(7-6-10-25-20(31)32-11-13-8-4-3-5-9-13)26-19(24-2)29-18(30)14-16(22)28-17(23)15(21)27-14/h3-5,8-9,12H,6-7,10-11H2,1-2H3,(H,25,31)(H4,22,23,28)(H2,24,26,29,30)/t12-/m1/s1. The largest absolute Gasteiger partial charge is 0.445 e. The van der Waals surface area contributed by atoms with E-state index in [9.17, 15) is 9.59 Å². The number of alkyl carbamates (subject to hydrolysis) is 1. The zero-order valence-electron chi connectivity index (χ0n) is 17.9. The average Bonchev–Trinajstić information content (AvgIpc) is 2.77. The summed E-state index contributed by atoms with van der Waals surface area (Å²) >= 11 is 5.81. The second kappa shape index (κ2) is 12.3. The smallest absolute Gasteiger partial charge is 0.407 e. The molecule has 2 aromatic rings. The number of anilines is 2. The number of guanidine groups is 1. The van der Waals surface area contributed by atoms with Crippen LogP contribution in [0.15, 0.2) is 35.3 Å². The van der Waals surface area contributed by atoms with Crippen LogP contribution in [0.2, 0.25) is 5.15 Å². The van der Waals surface area contributed by atoms with E-state index in [4.69, 9.17) is 27.8 Å². The van der Waals surface area contributed by atoms with E-state index in [1.54, 1.807) is 0 Å². The number of nitrogen functional groups attached to an aromatic ring is 2. The number of nitrogens with two attached hydrogens (primary N) is 2. The highest BCUT2D eigenvalue weighted by molar-refractivity contribution is 6.31. The summed E-state index contributed by atoms with van der Waals surface area (Å²) in [7, 11) is 1.52. The second-order valence-corrected chi connectivity index (χ2v) is 7.19. The van der Waals surface area contributed by atoms with Crippen LogP contribution in [0.4, 0.5) is 16.4 Å². The lowest BCUT2D eigenvalue weighted by atomic mass is 10.2. The van der Waals surface area contributed by atoms with E-state index >= 15 is 0 Å². The molecule has 0 spiro atoms. The second-order valence-electron chi connectivity index (χ2n) is 6.84. The van der Waals surface area contributed by atoms with Gasteiger partial charge in [-0.3, -0.25) is 15.1 Å². The van der Waals surface area contributed by atoms with Gasteiger partial charge in [-0.25, -0.2) is 14.8 Å². The number of carbonyl (C=O) groups is 2. The van der Waals surface area contributed by atoms with Crippen LogP contribution >= 0.6 is 11.6 Å². The molecule has 0 bridgehead atoms. The van der Waals surface area contributed by atoms with Crippen molar-refractivity contribution in [1.82, 2.24) is 25.9 Å². The maximum atomic E-state index is 12.4. The Balaban J connectivity index is 1.71. The fourth-order valence-corrected chi connectivity index (χ4v) is 2.74. The lowest BCUT2D eigenvalue weighted by Crippen LogP contribution is -2.45. The fourth-order valence-electron chi connectivity index (χ4n) is 2.61. The van der Waals surface area contributed by atoms with Gasteiger partial charge in [0.15, 0.2) is 28.4 Å². The van der Waals surface area contributed by atoms with Crippen LogP contribution in [0.3, 0.4) is 0 Å². The number of aliphatic imine (C=N–C) groups is 1. The molecule has 11 nitrogen and oxygen atoms in total. The summed E-state index contributed by atoms with van der Waals surface area (Å²) in [5.41, 5.74) is 12.0. The molecular weight excluding hydrogens is 436 g/mol. The Labute approximate surface area is 191 Å². The van der Waals surface area contributed by atoms with Gasteiger partial charge < -0.3 is 26.8 Å². The van der Waals surface area contributed by atoms with Crippen molar-refractivity contribution in [1.29, 1.82) is 0 Å². The summed E-state index contributed by atoms with van der Waals surface area (Å²) in [5, 5.41) is 8.23. The van der Waals surface area contributed by atoms with Crippen molar-refractivity contribution in [2.45, 2.75) is 32.4 Å². The maximum absolute atomic E-state index is 12.4. The molecule has 32 heavy (non-hydrogen) atoms. The van der Waals surface area contributed by atoms with E-state index in [1.165, 1.54) is 7.05 Å². The van der Waals surface area contributed by atoms with Crippen LogP contribution < -0.4 is 27.4 Å². The highest BCUT2D eigenvalue weighted by atomic mass is 35.5. The number of hydrogen-bond acceptors (Lipinski definition) is 8. The third-order valence-corrected chi connectivity index (χ3v) is 4.53. The van der Waals surface area contributed by atoms with Gasteiger partial charge in [0.25, 0.3) is 5.91 Å². The van der Waals surface area contributed by atoms with Gasteiger partial charge in [-0.1, -0.05) is 41.9 Å². The predicted octanol–water partition coefficient (Wildman–Crippen LogP) is 1.69. The number of aromatic nitrogens is 2. The van der Waals surface area contributed by atoms with Crippen molar-refractivity contribution in [3.63, 3.8) is 0 Å². The SMILES string of the molecule is CN=C(NC(=O)c1nc(Cl)c(N)nc1N)N[C@H](C)CCCNC(=O)OCc1ccccc1. The number of nitrogens with zero attached hydrogens (tertiary/aromatic N) is 3. The van der Waals surface area contributed by atoms with Gasteiger partial charge in [0, 0.05) is 19.6 Å². The molecule has 7 N–H and O–H groups in total. The lowest BCUT2D eigenvalue weighted by molar-refractivity contribution is 0.0971. The van der Waals surface area contributed by atoms with Gasteiger partial charge in [0.1, 0.15) is 6.61 Å². The number of rotatable bonds is 8. The minimum absolute atomic E-state index is 0.0467. The minimum atomic E-state index is -0.625. The zero-order chi connectivity index (χ0) is 23.5. The number of carbonyl (C=O) groups excluding carboxylic acids is 2. The normalized spacial score (nSPS) is 12.0. The molecule has 172 valence electrons. The average molecular weight is 463 g/mol. The number of halogens is 1. The molecule has 1 aromatic heterocycles. The van der Waals surface area contributed by atoms with Crippen LogP contribution in [0.5, 0.6) is 0 Å². The summed E-state index contributed by atoms with van der Waals surface area (Å²) in [4.78, 5) is 35.8. The first-order valence-corrected chi connectivity index (χ1v) is 10.3. The Morgan fingerprint density at radius 1 is 1.19 bits per heavy atom. The summed E-state index contributed by atoms with van der Waals surface area (Å²) < 4.78 is 5.16. The summed E-state index contributed by atoms with van der Waals surface area (Å²) in [6.45, 7) is 2.58. The Hall–Kier alpha value is -3.60. The molecular formula is C20H27ClN8O3. The van der Waals surface area contributed by atoms with Crippen LogP contribution in [0.1, 0.15) is 35.8 Å². The van der Waals surface area contributed by atoms with Crippen molar-refractivity contribution in [3.8, 4) is 0 Å². The third kappa shape index (κ3) is 7.91. The molecule has 1 aromatic carbocycles. The van der Waals surface area contributed by atoms with E-state index in [1.807, 2.05) is 37.3 Å². The fraction of sp³-hybridized carbons (Fsp3) is 0.350. The molecule has 0 unspecified atom stereocenters. The van der Waals surface area contributed by atoms with E-state index in [0.29, 0.717) is 19.4 Å². The van der Waals surface area contributed by atoms with Gasteiger partial charge in [-0.15, -0.1) is 0 Å². The highest BCUT2D eigenvalue weighted by Gasteiger charge is 2.18. The number of nitrogens with one attached hydrogen (secondary N) is 3. The van der Waals surface area contributed by atoms with Gasteiger partial charge in [0.05, 0.1) is 0 Å². The van der Waals surface area contributed by atoms with Crippen molar-refractivity contribution in [2.75, 3.05) is 25.1 Å². The number of benzene rings is 1. The Kier molecular flexibility index (Phi) is 9.48. The van der Waals surface area contributed by atoms with Crippen LogP contribution in [0, 0.1) is 0 Å². The number of hydrogen-bond donors (Lipinski definition) is 5. The van der Waals surface area contributed by atoms with Gasteiger partial charge in [0.2, 0.25) is 0 Å². The Morgan fingerprint density at radius 2 is 1.91 bits per heavy atom. The molecule has 2 amide bonds. The number of amides is 2.